The molecule has 6 nitrogen and oxygen atoms in total. The van der Waals surface area contributed by atoms with E-state index < -0.39 is 0 Å². The van der Waals surface area contributed by atoms with Crippen LogP contribution in [-0.2, 0) is 9.59 Å². The van der Waals surface area contributed by atoms with E-state index in [1.165, 1.54) is 0 Å². The Morgan fingerprint density at radius 2 is 2.12 bits per heavy atom. The Labute approximate surface area is 154 Å². The van der Waals surface area contributed by atoms with Crippen LogP contribution in [0.2, 0.25) is 0 Å². The van der Waals surface area contributed by atoms with Crippen molar-refractivity contribution in [3.8, 4) is 10.6 Å². The second kappa shape index (κ2) is 7.23. The summed E-state index contributed by atoms with van der Waals surface area (Å²) in [5, 5.41) is 6.59. The normalized spacial score (nSPS) is 15.0. The van der Waals surface area contributed by atoms with E-state index in [1.807, 2.05) is 47.4 Å². The molecule has 1 fully saturated rings. The Hall–Kier alpha value is -2.77. The molecule has 0 unspecified atom stereocenters. The van der Waals surface area contributed by atoms with E-state index in [-0.39, 0.29) is 24.9 Å². The zero-order valence-electron chi connectivity index (χ0n) is 14.1. The van der Waals surface area contributed by atoms with Gasteiger partial charge in [0.25, 0.3) is 0 Å². The first kappa shape index (κ1) is 16.7. The largest absolute Gasteiger partial charge is 0.354 e. The number of hydrogen-bond donors (Lipinski definition) is 2. The summed E-state index contributed by atoms with van der Waals surface area (Å²) in [5.74, 6) is -0.164. The van der Waals surface area contributed by atoms with Crippen LogP contribution in [0, 0.1) is 0 Å². The van der Waals surface area contributed by atoms with Gasteiger partial charge in [-0.3, -0.25) is 14.5 Å². The molecule has 0 bridgehead atoms. The summed E-state index contributed by atoms with van der Waals surface area (Å²) >= 11 is 1.63. The van der Waals surface area contributed by atoms with Gasteiger partial charge in [-0.25, -0.2) is 4.98 Å². The Balaban J connectivity index is 1.47. The number of benzene rings is 2. The van der Waals surface area contributed by atoms with Crippen LogP contribution in [0.25, 0.3) is 20.8 Å². The van der Waals surface area contributed by atoms with Gasteiger partial charge in [0.2, 0.25) is 11.8 Å². The lowest BCUT2D eigenvalue weighted by molar-refractivity contribution is -0.125. The fourth-order valence-corrected chi connectivity index (χ4v) is 3.92. The fourth-order valence-electron chi connectivity index (χ4n) is 2.96. The number of amides is 2. The highest BCUT2D eigenvalue weighted by Gasteiger charge is 2.18. The van der Waals surface area contributed by atoms with Gasteiger partial charge < -0.3 is 10.6 Å². The molecule has 0 atom stereocenters. The van der Waals surface area contributed by atoms with Crippen molar-refractivity contribution in [3.63, 3.8) is 0 Å². The molecule has 26 heavy (non-hydrogen) atoms. The molecule has 2 aromatic carbocycles. The topological polar surface area (TPSA) is 74.3 Å². The number of aromatic nitrogens is 1. The number of nitrogens with one attached hydrogen (secondary N) is 2. The van der Waals surface area contributed by atoms with Crippen LogP contribution in [0.5, 0.6) is 0 Å². The van der Waals surface area contributed by atoms with Crippen LogP contribution in [0.15, 0.2) is 48.5 Å². The number of nitrogens with zero attached hydrogens (tertiary/aromatic N) is 2. The summed E-state index contributed by atoms with van der Waals surface area (Å²) in [6.07, 6.45) is 0. The minimum atomic E-state index is -0.124. The highest BCUT2D eigenvalue weighted by Crippen LogP contribution is 2.31. The molecule has 1 aromatic heterocycles. The smallest absolute Gasteiger partial charge is 0.238 e. The summed E-state index contributed by atoms with van der Waals surface area (Å²) in [7, 11) is 0. The maximum absolute atomic E-state index is 12.3. The van der Waals surface area contributed by atoms with E-state index in [2.05, 4.69) is 21.7 Å². The molecule has 132 valence electrons. The van der Waals surface area contributed by atoms with E-state index in [1.54, 1.807) is 11.3 Å². The average Bonchev–Trinajstić information content (AvgIpc) is 3.06. The lowest BCUT2D eigenvalue weighted by Gasteiger charge is -2.25. The van der Waals surface area contributed by atoms with Gasteiger partial charge in [0.1, 0.15) is 5.01 Å². The average molecular weight is 366 g/mol. The third kappa shape index (κ3) is 3.74. The molecule has 0 radical (unpaired) electrons. The summed E-state index contributed by atoms with van der Waals surface area (Å²) in [4.78, 5) is 30.2. The third-order valence-electron chi connectivity index (χ3n) is 4.17. The van der Waals surface area contributed by atoms with Crippen LogP contribution >= 0.6 is 11.3 Å². The summed E-state index contributed by atoms with van der Waals surface area (Å²) in [6.45, 7) is 1.74. The van der Waals surface area contributed by atoms with E-state index in [9.17, 15) is 9.59 Å². The first-order valence-corrected chi connectivity index (χ1v) is 9.24. The minimum Gasteiger partial charge on any atom is -0.354 e. The molecule has 0 saturated carbocycles. The fraction of sp³-hybridized carbons (Fsp3) is 0.211. The third-order valence-corrected chi connectivity index (χ3v) is 5.26. The molecule has 7 heteroatoms. The highest BCUT2D eigenvalue weighted by molar-refractivity contribution is 7.21. The van der Waals surface area contributed by atoms with E-state index in [0.29, 0.717) is 13.1 Å². The van der Waals surface area contributed by atoms with Gasteiger partial charge in [0, 0.05) is 24.3 Å². The predicted molar refractivity (Wildman–Crippen MR) is 103 cm³/mol. The number of fused-ring (bicyclic) bond motifs is 1. The molecule has 2 amide bonds. The maximum atomic E-state index is 12.3. The summed E-state index contributed by atoms with van der Waals surface area (Å²) < 4.78 is 1.14. The van der Waals surface area contributed by atoms with Gasteiger partial charge in [0.15, 0.2) is 0 Å². The van der Waals surface area contributed by atoms with Crippen molar-refractivity contribution in [2.45, 2.75) is 0 Å². The van der Waals surface area contributed by atoms with Crippen LogP contribution < -0.4 is 10.6 Å². The number of thiazole rings is 1. The molecule has 0 aliphatic carbocycles. The summed E-state index contributed by atoms with van der Waals surface area (Å²) in [5.41, 5.74) is 2.68. The highest BCUT2D eigenvalue weighted by atomic mass is 32.1. The van der Waals surface area contributed by atoms with Gasteiger partial charge in [0.05, 0.1) is 23.3 Å². The van der Waals surface area contributed by atoms with E-state index >= 15 is 0 Å². The molecule has 1 aliphatic heterocycles. The Morgan fingerprint density at radius 1 is 1.23 bits per heavy atom. The molecular formula is C19H18N4O2S. The number of piperazine rings is 1. The van der Waals surface area contributed by atoms with Gasteiger partial charge in [-0.2, -0.15) is 0 Å². The lowest BCUT2D eigenvalue weighted by Crippen LogP contribution is -2.49. The van der Waals surface area contributed by atoms with Crippen molar-refractivity contribution in [2.24, 2.45) is 0 Å². The Kier molecular flexibility index (Phi) is 4.64. The zero-order valence-corrected chi connectivity index (χ0v) is 14.9. The van der Waals surface area contributed by atoms with Crippen LogP contribution in [0.4, 0.5) is 5.69 Å². The molecule has 4 rings (SSSR count). The van der Waals surface area contributed by atoms with Crippen molar-refractivity contribution in [2.75, 3.05) is 31.5 Å². The molecule has 1 aliphatic rings. The zero-order chi connectivity index (χ0) is 17.9. The number of carbonyl (C=O) groups is 2. The minimum absolute atomic E-state index is 0.0399. The van der Waals surface area contributed by atoms with Gasteiger partial charge in [-0.05, 0) is 24.3 Å². The van der Waals surface area contributed by atoms with Crippen LogP contribution in [0.1, 0.15) is 0 Å². The van der Waals surface area contributed by atoms with Crippen molar-refractivity contribution in [3.05, 3.63) is 48.5 Å². The molecule has 1 saturated heterocycles. The van der Waals surface area contributed by atoms with Gasteiger partial charge >= 0.3 is 0 Å². The first-order chi connectivity index (χ1) is 12.7. The van der Waals surface area contributed by atoms with E-state index in [0.717, 1.165) is 26.5 Å². The molecule has 2 heterocycles. The predicted octanol–water partition coefficient (Wildman–Crippen LogP) is 2.33. The van der Waals surface area contributed by atoms with Crippen molar-refractivity contribution in [1.82, 2.24) is 15.2 Å². The summed E-state index contributed by atoms with van der Waals surface area (Å²) in [6, 6.07) is 15.7. The molecule has 3 aromatic rings. The second-order valence-electron chi connectivity index (χ2n) is 6.18. The van der Waals surface area contributed by atoms with Gasteiger partial charge in [-0.1, -0.05) is 24.3 Å². The van der Waals surface area contributed by atoms with Crippen molar-refractivity contribution in [1.29, 1.82) is 0 Å². The monoisotopic (exact) mass is 366 g/mol. The van der Waals surface area contributed by atoms with Crippen molar-refractivity contribution < 1.29 is 9.59 Å². The molecular weight excluding hydrogens is 348 g/mol. The first-order valence-electron chi connectivity index (χ1n) is 8.42. The van der Waals surface area contributed by atoms with Crippen LogP contribution in [0.3, 0.4) is 0 Å². The van der Waals surface area contributed by atoms with Crippen LogP contribution in [-0.4, -0.2) is 47.9 Å². The number of anilines is 1. The van der Waals surface area contributed by atoms with Gasteiger partial charge in [-0.15, -0.1) is 11.3 Å². The Morgan fingerprint density at radius 3 is 2.96 bits per heavy atom. The SMILES string of the molecule is O=C1CN(CC(=O)Nc2cccc(-c3nc4ccccc4s3)c2)CCN1. The Bertz CT molecular complexity index is 936. The molecule has 2 N–H and O–H groups in total. The number of carbonyl (C=O) groups excluding carboxylic acids is 2. The lowest BCUT2D eigenvalue weighted by atomic mass is 10.2. The van der Waals surface area contributed by atoms with Crippen molar-refractivity contribution >= 4 is 39.1 Å². The second-order valence-corrected chi connectivity index (χ2v) is 7.21. The molecule has 0 spiro atoms. The quantitative estimate of drug-likeness (QED) is 0.743. The number of hydrogen-bond acceptors (Lipinski definition) is 5. The van der Waals surface area contributed by atoms with E-state index in [4.69, 9.17) is 0 Å². The standard InChI is InChI=1S/C19H18N4O2S/c24-17-11-23(9-8-20-17)12-18(25)21-14-5-3-4-13(10-14)19-22-15-6-1-2-7-16(15)26-19/h1-7,10H,8-9,11-12H2,(H,20,24)(H,21,25). The number of para-hydroxylation sites is 1. The maximum Gasteiger partial charge on any atom is 0.238 e. The number of rotatable bonds is 4.